The largest absolute Gasteiger partial charge is 0.319 e. The molecule has 0 radical (unpaired) electrons. The zero-order valence-electron chi connectivity index (χ0n) is 12.0. The van der Waals surface area contributed by atoms with Gasteiger partial charge in [-0.3, -0.25) is 0 Å². The second kappa shape index (κ2) is 5.80. The van der Waals surface area contributed by atoms with Gasteiger partial charge in [0.25, 0.3) is 0 Å². The normalized spacial score (nSPS) is 26.4. The minimum Gasteiger partial charge on any atom is -0.319 e. The van der Waals surface area contributed by atoms with Crippen molar-refractivity contribution >= 4 is 11.6 Å². The average Bonchev–Trinajstić information content (AvgIpc) is 2.34. The van der Waals surface area contributed by atoms with Crippen LogP contribution in [0.4, 0.5) is 4.39 Å². The van der Waals surface area contributed by atoms with Crippen LogP contribution in [0, 0.1) is 17.2 Å². The van der Waals surface area contributed by atoms with E-state index in [-0.39, 0.29) is 5.82 Å². The van der Waals surface area contributed by atoms with E-state index in [1.54, 1.807) is 12.1 Å². The molecule has 3 heteroatoms. The molecule has 19 heavy (non-hydrogen) atoms. The van der Waals surface area contributed by atoms with E-state index in [4.69, 9.17) is 11.6 Å². The maximum absolute atomic E-state index is 13.5. The third-order valence-corrected chi connectivity index (χ3v) is 4.70. The lowest BCUT2D eigenvalue weighted by Crippen LogP contribution is -2.34. The summed E-state index contributed by atoms with van der Waals surface area (Å²) in [5.74, 6) is 0.697. The molecule has 1 nitrogen and oxygen atoms in total. The van der Waals surface area contributed by atoms with Crippen LogP contribution in [0.5, 0.6) is 0 Å². The predicted molar refractivity (Wildman–Crippen MR) is 79.2 cm³/mol. The van der Waals surface area contributed by atoms with Gasteiger partial charge in [0.1, 0.15) is 5.82 Å². The molecule has 0 heterocycles. The number of nitrogens with one attached hydrogen (secondary N) is 1. The third kappa shape index (κ3) is 3.49. The Bertz CT molecular complexity index is 444. The van der Waals surface area contributed by atoms with Crippen LogP contribution >= 0.6 is 11.6 Å². The van der Waals surface area contributed by atoms with Crippen molar-refractivity contribution in [2.45, 2.75) is 39.0 Å². The zero-order valence-corrected chi connectivity index (χ0v) is 12.7. The summed E-state index contributed by atoms with van der Waals surface area (Å²) in [6.07, 6.45) is 3.47. The van der Waals surface area contributed by atoms with Gasteiger partial charge in [-0.15, -0.1) is 0 Å². The second-order valence-corrected chi connectivity index (χ2v) is 6.90. The summed E-state index contributed by atoms with van der Waals surface area (Å²) in [6, 6.07) is 4.74. The minimum absolute atomic E-state index is 0.189. The van der Waals surface area contributed by atoms with Gasteiger partial charge in [-0.05, 0) is 73.9 Å². The molecule has 0 amide bonds. The van der Waals surface area contributed by atoms with Crippen molar-refractivity contribution in [3.8, 4) is 0 Å². The Balaban J connectivity index is 2.33. The van der Waals surface area contributed by atoms with E-state index in [1.807, 2.05) is 7.05 Å². The number of hydrogen-bond acceptors (Lipinski definition) is 1. The molecule has 106 valence electrons. The van der Waals surface area contributed by atoms with Crippen LogP contribution < -0.4 is 5.32 Å². The molecule has 2 rings (SSSR count). The molecular formula is C16H23ClFN. The Morgan fingerprint density at radius 2 is 2.16 bits per heavy atom. The van der Waals surface area contributed by atoms with E-state index >= 15 is 0 Å². The summed E-state index contributed by atoms with van der Waals surface area (Å²) < 4.78 is 13.5. The van der Waals surface area contributed by atoms with E-state index in [9.17, 15) is 4.39 Å². The summed E-state index contributed by atoms with van der Waals surface area (Å²) in [7, 11) is 1.98. The van der Waals surface area contributed by atoms with E-state index in [1.165, 1.54) is 18.9 Å². The molecule has 0 aromatic heterocycles. The molecule has 1 aromatic carbocycles. The highest BCUT2D eigenvalue weighted by Crippen LogP contribution is 2.48. The van der Waals surface area contributed by atoms with Crippen LogP contribution in [0.3, 0.4) is 0 Å². The fourth-order valence-electron chi connectivity index (χ4n) is 3.31. The van der Waals surface area contributed by atoms with Crippen molar-refractivity contribution in [3.63, 3.8) is 0 Å². The second-order valence-electron chi connectivity index (χ2n) is 6.50. The van der Waals surface area contributed by atoms with Crippen molar-refractivity contribution < 1.29 is 4.39 Å². The quantitative estimate of drug-likeness (QED) is 0.854. The summed E-state index contributed by atoms with van der Waals surface area (Å²) in [6.45, 7) is 5.55. The van der Waals surface area contributed by atoms with Crippen molar-refractivity contribution in [3.05, 3.63) is 34.6 Å². The van der Waals surface area contributed by atoms with E-state index in [0.717, 1.165) is 18.5 Å². The number of benzene rings is 1. The van der Waals surface area contributed by atoms with Gasteiger partial charge in [0.05, 0.1) is 0 Å². The van der Waals surface area contributed by atoms with Gasteiger partial charge in [0, 0.05) is 5.02 Å². The van der Waals surface area contributed by atoms with Crippen molar-refractivity contribution in [2.24, 2.45) is 11.3 Å². The molecule has 0 saturated heterocycles. The van der Waals surface area contributed by atoms with Gasteiger partial charge >= 0.3 is 0 Å². The number of rotatable bonds is 3. The monoisotopic (exact) mass is 283 g/mol. The van der Waals surface area contributed by atoms with Crippen LogP contribution in [0.15, 0.2) is 18.2 Å². The Labute approximate surface area is 120 Å². The summed E-state index contributed by atoms with van der Waals surface area (Å²) in [5.41, 5.74) is 1.29. The highest BCUT2D eigenvalue weighted by Gasteiger charge is 2.36. The summed E-state index contributed by atoms with van der Waals surface area (Å²) in [4.78, 5) is 0. The fourth-order valence-corrected chi connectivity index (χ4v) is 3.57. The highest BCUT2D eigenvalue weighted by atomic mass is 35.5. The first-order valence-corrected chi connectivity index (χ1v) is 7.40. The SMILES string of the molecule is CNCC1CCC(C)(C)CC1c1cc(F)ccc1Cl. The Morgan fingerprint density at radius 3 is 2.84 bits per heavy atom. The molecule has 0 aliphatic heterocycles. The predicted octanol–water partition coefficient (Wildman–Crippen LogP) is 4.61. The molecule has 1 N–H and O–H groups in total. The van der Waals surface area contributed by atoms with Gasteiger partial charge in [0.2, 0.25) is 0 Å². The maximum atomic E-state index is 13.5. The molecule has 1 aromatic rings. The molecule has 1 saturated carbocycles. The fraction of sp³-hybridized carbons (Fsp3) is 0.625. The lowest BCUT2D eigenvalue weighted by molar-refractivity contribution is 0.161. The molecule has 1 aliphatic rings. The first-order chi connectivity index (χ1) is 8.93. The van der Waals surface area contributed by atoms with Gasteiger partial charge in [0.15, 0.2) is 0 Å². The average molecular weight is 284 g/mol. The van der Waals surface area contributed by atoms with Crippen LogP contribution in [0.25, 0.3) is 0 Å². The molecule has 2 unspecified atom stereocenters. The third-order valence-electron chi connectivity index (χ3n) is 4.36. The van der Waals surface area contributed by atoms with E-state index < -0.39 is 0 Å². The molecule has 2 atom stereocenters. The minimum atomic E-state index is -0.189. The first-order valence-electron chi connectivity index (χ1n) is 7.02. The van der Waals surface area contributed by atoms with Gasteiger partial charge in [-0.1, -0.05) is 25.4 Å². The Hall–Kier alpha value is -0.600. The molecular weight excluding hydrogens is 261 g/mol. The first kappa shape index (κ1) is 14.8. The zero-order chi connectivity index (χ0) is 14.0. The van der Waals surface area contributed by atoms with Crippen molar-refractivity contribution in [1.29, 1.82) is 0 Å². The molecule has 0 spiro atoms. The standard InChI is InChI=1S/C16H23ClFN/c1-16(2)7-6-11(10-19-3)14(9-16)13-8-12(18)4-5-15(13)17/h4-5,8,11,14,19H,6-7,9-10H2,1-3H3. The van der Waals surface area contributed by atoms with Gasteiger partial charge in [-0.2, -0.15) is 0 Å². The topological polar surface area (TPSA) is 12.0 Å². The van der Waals surface area contributed by atoms with Gasteiger partial charge in [-0.25, -0.2) is 4.39 Å². The summed E-state index contributed by atoms with van der Waals surface area (Å²) >= 11 is 6.30. The lowest BCUT2D eigenvalue weighted by Gasteiger charge is -2.41. The van der Waals surface area contributed by atoms with Crippen molar-refractivity contribution in [1.82, 2.24) is 5.32 Å². The molecule has 0 bridgehead atoms. The molecule has 1 aliphatic carbocycles. The van der Waals surface area contributed by atoms with Crippen LogP contribution in [0.1, 0.15) is 44.6 Å². The van der Waals surface area contributed by atoms with Crippen molar-refractivity contribution in [2.75, 3.05) is 13.6 Å². The summed E-state index contributed by atoms with van der Waals surface area (Å²) in [5, 5.41) is 3.96. The van der Waals surface area contributed by atoms with E-state index in [0.29, 0.717) is 22.3 Å². The number of hydrogen-bond donors (Lipinski definition) is 1. The smallest absolute Gasteiger partial charge is 0.123 e. The Kier molecular flexibility index (Phi) is 4.52. The van der Waals surface area contributed by atoms with Crippen LogP contribution in [0.2, 0.25) is 5.02 Å². The van der Waals surface area contributed by atoms with E-state index in [2.05, 4.69) is 19.2 Å². The maximum Gasteiger partial charge on any atom is 0.123 e. The van der Waals surface area contributed by atoms with Gasteiger partial charge < -0.3 is 5.32 Å². The van der Waals surface area contributed by atoms with Crippen LogP contribution in [-0.2, 0) is 0 Å². The van der Waals surface area contributed by atoms with Crippen LogP contribution in [-0.4, -0.2) is 13.6 Å². The highest BCUT2D eigenvalue weighted by molar-refractivity contribution is 6.31. The Morgan fingerprint density at radius 1 is 1.42 bits per heavy atom. The number of halogens is 2. The molecule has 1 fully saturated rings. The lowest BCUT2D eigenvalue weighted by atomic mass is 9.65.